The van der Waals surface area contributed by atoms with E-state index in [0.29, 0.717) is 38.9 Å². The van der Waals surface area contributed by atoms with Crippen molar-refractivity contribution in [1.29, 1.82) is 0 Å². The largest absolute Gasteiger partial charge is 0.393 e. The fourth-order valence-electron chi connectivity index (χ4n) is 5.51. The number of amides is 1. The van der Waals surface area contributed by atoms with Gasteiger partial charge in [-0.2, -0.15) is 5.10 Å². The number of carbonyl (C=O) groups is 1. The molecule has 2 fully saturated rings. The number of anilines is 1. The topological polar surface area (TPSA) is 119 Å². The summed E-state index contributed by atoms with van der Waals surface area (Å²) in [6, 6.07) is 2.23. The van der Waals surface area contributed by atoms with Crippen LogP contribution in [-0.2, 0) is 19.8 Å². The third-order valence-corrected chi connectivity index (χ3v) is 7.74. The first-order valence-electron chi connectivity index (χ1n) is 13.5. The maximum atomic E-state index is 13.3. The van der Waals surface area contributed by atoms with E-state index < -0.39 is 5.54 Å². The number of carbonyl (C=O) groups excluding carboxylic acids is 1. The highest BCUT2D eigenvalue weighted by Crippen LogP contribution is 2.38. The van der Waals surface area contributed by atoms with Gasteiger partial charge in [0.1, 0.15) is 5.54 Å². The lowest BCUT2D eigenvalue weighted by Gasteiger charge is -2.34. The lowest BCUT2D eigenvalue weighted by atomic mass is 9.85. The van der Waals surface area contributed by atoms with Crippen LogP contribution in [0, 0.1) is 0 Å². The monoisotopic (exact) mass is 525 g/mol. The third kappa shape index (κ3) is 5.27. The summed E-state index contributed by atoms with van der Waals surface area (Å²) in [5.41, 5.74) is 3.03. The number of nitrogens with one attached hydrogen (secondary N) is 1. The molecule has 11 heteroatoms. The summed E-state index contributed by atoms with van der Waals surface area (Å²) in [5, 5.41) is 22.9. The minimum Gasteiger partial charge on any atom is -0.393 e. The van der Waals surface area contributed by atoms with Crippen molar-refractivity contribution >= 4 is 17.4 Å². The number of fused-ring (bicyclic) bond motifs is 1. The minimum atomic E-state index is -0.835. The van der Waals surface area contributed by atoms with E-state index in [9.17, 15) is 9.90 Å². The molecule has 206 valence electrons. The molecule has 1 atom stereocenters. The summed E-state index contributed by atoms with van der Waals surface area (Å²) in [7, 11) is 1.67. The molecular weight excluding hydrogens is 486 g/mol. The van der Waals surface area contributed by atoms with Gasteiger partial charge in [-0.3, -0.25) is 9.48 Å². The van der Waals surface area contributed by atoms with Crippen LogP contribution < -0.4 is 5.32 Å². The van der Waals surface area contributed by atoms with Gasteiger partial charge in [0.15, 0.2) is 0 Å². The standard InChI is InChI=1S/C27H39N7O4/c1-18(17-37-4)30-26-28-15-24-22(13-23(34(24)31-26)19-5-7-21(35)8-6-19)20-14-29-33(16-20)27(2,3)25(36)32-9-11-38-12-10-32/h13-16,18-19,21,35H,5-12,17H2,1-4H3,(H,30,31)/t18-,19-,21+/m0/s1. The van der Waals surface area contributed by atoms with Crippen LogP contribution in [0.25, 0.3) is 16.6 Å². The van der Waals surface area contributed by atoms with Crippen LogP contribution in [0.1, 0.15) is 58.1 Å². The van der Waals surface area contributed by atoms with Crippen molar-refractivity contribution in [2.24, 2.45) is 0 Å². The first-order chi connectivity index (χ1) is 18.3. The number of nitrogens with zero attached hydrogens (tertiary/aromatic N) is 6. The average Bonchev–Trinajstić information content (AvgIpc) is 3.55. The van der Waals surface area contributed by atoms with Gasteiger partial charge in [-0.25, -0.2) is 9.50 Å². The minimum absolute atomic E-state index is 0.0304. The Hall–Kier alpha value is -3.02. The van der Waals surface area contributed by atoms with Crippen molar-refractivity contribution in [3.63, 3.8) is 0 Å². The molecule has 11 nitrogen and oxygen atoms in total. The molecule has 3 aromatic rings. The molecule has 1 saturated heterocycles. The van der Waals surface area contributed by atoms with Gasteiger partial charge in [-0.15, -0.1) is 5.10 Å². The highest BCUT2D eigenvalue weighted by Gasteiger charge is 2.36. The van der Waals surface area contributed by atoms with Gasteiger partial charge in [-0.05, 0) is 52.5 Å². The molecule has 1 amide bonds. The molecule has 1 aliphatic heterocycles. The maximum absolute atomic E-state index is 13.3. The average molecular weight is 526 g/mol. The normalized spacial score (nSPS) is 21.6. The number of rotatable bonds is 8. The molecule has 0 bridgehead atoms. The van der Waals surface area contributed by atoms with E-state index in [1.54, 1.807) is 11.8 Å². The van der Waals surface area contributed by atoms with Gasteiger partial charge in [-0.1, -0.05) is 0 Å². The molecule has 3 aromatic heterocycles. The molecular formula is C27H39N7O4. The van der Waals surface area contributed by atoms with Crippen molar-refractivity contribution in [3.05, 3.63) is 30.4 Å². The number of hydrogen-bond acceptors (Lipinski definition) is 8. The first-order valence-corrected chi connectivity index (χ1v) is 13.5. The second kappa shape index (κ2) is 11.0. The molecule has 4 heterocycles. The number of hydrogen-bond donors (Lipinski definition) is 2. The van der Waals surface area contributed by atoms with Crippen LogP contribution in [0.5, 0.6) is 0 Å². The van der Waals surface area contributed by atoms with E-state index >= 15 is 0 Å². The molecule has 38 heavy (non-hydrogen) atoms. The smallest absolute Gasteiger partial charge is 0.250 e. The number of aromatic nitrogens is 5. The van der Waals surface area contributed by atoms with E-state index in [1.165, 1.54) is 0 Å². The number of methoxy groups -OCH3 is 1. The molecule has 2 N–H and O–H groups in total. The third-order valence-electron chi connectivity index (χ3n) is 7.74. The number of ether oxygens (including phenoxy) is 2. The second-order valence-electron chi connectivity index (χ2n) is 11.0. The Balaban J connectivity index is 1.49. The first kappa shape index (κ1) is 26.6. The Morgan fingerprint density at radius 2 is 1.97 bits per heavy atom. The predicted molar refractivity (Wildman–Crippen MR) is 143 cm³/mol. The Labute approximate surface area is 223 Å². The summed E-state index contributed by atoms with van der Waals surface area (Å²) in [5.74, 6) is 0.852. The fraction of sp³-hybridized carbons (Fsp3) is 0.630. The van der Waals surface area contributed by atoms with Gasteiger partial charge >= 0.3 is 0 Å². The van der Waals surface area contributed by atoms with Crippen LogP contribution in [0.2, 0.25) is 0 Å². The van der Waals surface area contributed by atoms with E-state index in [2.05, 4.69) is 21.5 Å². The van der Waals surface area contributed by atoms with E-state index in [0.717, 1.165) is 48.0 Å². The molecule has 2 aliphatic rings. The van der Waals surface area contributed by atoms with E-state index in [1.807, 2.05) is 48.8 Å². The summed E-state index contributed by atoms with van der Waals surface area (Å²) < 4.78 is 14.4. The number of morpholine rings is 1. The lowest BCUT2D eigenvalue weighted by Crippen LogP contribution is -2.51. The summed E-state index contributed by atoms with van der Waals surface area (Å²) in [6.07, 6.45) is 8.73. The van der Waals surface area contributed by atoms with Crippen molar-refractivity contribution in [2.45, 2.75) is 70.1 Å². The molecule has 1 aliphatic carbocycles. The highest BCUT2D eigenvalue weighted by atomic mass is 16.5. The van der Waals surface area contributed by atoms with Crippen LogP contribution in [0.4, 0.5) is 5.95 Å². The van der Waals surface area contributed by atoms with Gasteiger partial charge in [0.25, 0.3) is 0 Å². The summed E-state index contributed by atoms with van der Waals surface area (Å²) >= 11 is 0. The lowest BCUT2D eigenvalue weighted by molar-refractivity contribution is -0.143. The molecule has 5 rings (SSSR count). The molecule has 0 aromatic carbocycles. The number of aliphatic hydroxyl groups excluding tert-OH is 1. The fourth-order valence-corrected chi connectivity index (χ4v) is 5.51. The predicted octanol–water partition coefficient (Wildman–Crippen LogP) is 2.65. The van der Waals surface area contributed by atoms with E-state index in [-0.39, 0.29) is 24.0 Å². The molecule has 1 saturated carbocycles. The Morgan fingerprint density at radius 3 is 2.68 bits per heavy atom. The summed E-state index contributed by atoms with van der Waals surface area (Å²) in [4.78, 5) is 19.8. The van der Waals surface area contributed by atoms with Crippen LogP contribution >= 0.6 is 0 Å². The van der Waals surface area contributed by atoms with Crippen LogP contribution in [0.15, 0.2) is 24.7 Å². The Bertz CT molecular complexity index is 1260. The quantitative estimate of drug-likeness (QED) is 0.461. The second-order valence-corrected chi connectivity index (χ2v) is 11.0. The van der Waals surface area contributed by atoms with Gasteiger partial charge in [0.05, 0.1) is 43.8 Å². The molecule has 0 unspecified atom stereocenters. The highest BCUT2D eigenvalue weighted by molar-refractivity contribution is 5.85. The van der Waals surface area contributed by atoms with Crippen molar-refractivity contribution in [3.8, 4) is 11.1 Å². The van der Waals surface area contributed by atoms with E-state index in [4.69, 9.17) is 14.6 Å². The van der Waals surface area contributed by atoms with Gasteiger partial charge in [0, 0.05) is 55.2 Å². The van der Waals surface area contributed by atoms with Crippen LogP contribution in [0.3, 0.4) is 0 Å². The van der Waals surface area contributed by atoms with Gasteiger partial charge < -0.3 is 24.8 Å². The zero-order valence-corrected chi connectivity index (χ0v) is 22.8. The van der Waals surface area contributed by atoms with Gasteiger partial charge in [0.2, 0.25) is 11.9 Å². The van der Waals surface area contributed by atoms with Crippen molar-refractivity contribution in [2.75, 3.05) is 45.3 Å². The Kier molecular flexibility index (Phi) is 7.69. The SMILES string of the molecule is COC[C@H](C)Nc1ncc2c(-c3cnn(C(C)(C)C(=O)N4CCOCC4)c3)cc([C@H]3CC[C@@H](O)CC3)n2n1. The van der Waals surface area contributed by atoms with Crippen molar-refractivity contribution < 1.29 is 19.4 Å². The summed E-state index contributed by atoms with van der Waals surface area (Å²) in [6.45, 7) is 8.68. The van der Waals surface area contributed by atoms with Crippen molar-refractivity contribution in [1.82, 2.24) is 29.3 Å². The molecule has 0 radical (unpaired) electrons. The number of aliphatic hydroxyl groups is 1. The maximum Gasteiger partial charge on any atom is 0.250 e. The zero-order valence-electron chi connectivity index (χ0n) is 22.8. The van der Waals surface area contributed by atoms with Crippen LogP contribution in [-0.4, -0.2) is 92.5 Å². The Morgan fingerprint density at radius 1 is 1.24 bits per heavy atom. The molecule has 0 spiro atoms. The zero-order chi connectivity index (χ0) is 26.9.